The van der Waals surface area contributed by atoms with Gasteiger partial charge >= 0.3 is 0 Å². The van der Waals surface area contributed by atoms with Gasteiger partial charge in [0.05, 0.1) is 25.4 Å². The lowest BCUT2D eigenvalue weighted by atomic mass is 10.1. The number of aliphatic hydroxyl groups excluding tert-OH is 3. The number of hydrogen-bond donors (Lipinski definition) is 4. The Bertz CT molecular complexity index is 1250. The molecule has 2 aromatic rings. The Hall–Kier alpha value is -2.32. The number of nitrogens with one attached hydrogen (secondary N) is 1. The summed E-state index contributed by atoms with van der Waals surface area (Å²) in [5, 5.41) is 43.1. The van der Waals surface area contributed by atoms with E-state index in [1.54, 1.807) is 22.5 Å². The zero-order chi connectivity index (χ0) is 26.3. The summed E-state index contributed by atoms with van der Waals surface area (Å²) >= 11 is 1.66. The van der Waals surface area contributed by atoms with Gasteiger partial charge in [-0.15, -0.1) is 16.9 Å². The summed E-state index contributed by atoms with van der Waals surface area (Å²) in [6.45, 7) is 1.97. The first-order valence-electron chi connectivity index (χ1n) is 12.5. The molecule has 13 heteroatoms. The van der Waals surface area contributed by atoms with E-state index in [0.29, 0.717) is 17.3 Å². The number of hydrogen-bond acceptors (Lipinski definition) is 10. The molecule has 0 saturated heterocycles. The second-order valence-corrected chi connectivity index (χ2v) is 10.8. The fraction of sp³-hybridized carbons (Fsp3) is 0.625. The monoisotopic (exact) mass is 538 g/mol. The van der Waals surface area contributed by atoms with Gasteiger partial charge in [-0.2, -0.15) is 0 Å². The summed E-state index contributed by atoms with van der Waals surface area (Å²) in [5.74, 6) is -0.0837. The third kappa shape index (κ3) is 5.07. The molecule has 2 aliphatic carbocycles. The second kappa shape index (κ2) is 10.8. The zero-order valence-electron chi connectivity index (χ0n) is 20.7. The molecule has 0 spiro atoms. The van der Waals surface area contributed by atoms with E-state index in [2.05, 4.69) is 22.6 Å². The zero-order valence-corrected chi connectivity index (χ0v) is 21.5. The molecule has 2 heterocycles. The highest BCUT2D eigenvalue weighted by molar-refractivity contribution is 7.99. The number of aliphatic hydroxyl groups is 3. The number of aromatic nitrogens is 3. The number of nitrogens with zero attached hydrogens (tertiary/aromatic N) is 5. The lowest BCUT2D eigenvalue weighted by Gasteiger charge is -2.31. The summed E-state index contributed by atoms with van der Waals surface area (Å²) in [4.78, 5) is 6.89. The highest BCUT2D eigenvalue weighted by atomic mass is 32.2. The average Bonchev–Trinajstić information content (AvgIpc) is 3.45. The maximum atomic E-state index is 13.8. The first-order chi connectivity index (χ1) is 17.8. The molecule has 3 aliphatic rings. The van der Waals surface area contributed by atoms with Gasteiger partial charge in [0.15, 0.2) is 28.0 Å². The van der Waals surface area contributed by atoms with Gasteiger partial charge < -0.3 is 30.3 Å². The molecule has 0 amide bonds. The quantitative estimate of drug-likeness (QED) is 0.325. The van der Waals surface area contributed by atoms with Crippen molar-refractivity contribution in [1.29, 1.82) is 0 Å². The fourth-order valence-corrected chi connectivity index (χ4v) is 5.97. The van der Waals surface area contributed by atoms with Crippen molar-refractivity contribution in [3.8, 4) is 0 Å². The van der Waals surface area contributed by atoms with E-state index in [9.17, 15) is 19.0 Å². The number of thioether (sulfide) groups is 1. The van der Waals surface area contributed by atoms with Crippen LogP contribution in [0.3, 0.4) is 0 Å². The topological polar surface area (TPSA) is 128 Å². The number of halogens is 2. The standard InChI is InChI=1S/C24H32F2N6O4S/c1-3-8-37-24-28-23-19(29-30-32(23)17-11-18(36-7-6-33)21(35)20(17)34)22(31(24)2)27-16-10-13(16)12-4-5-14(25)15(26)9-12/h4-5,9,13,16-18,20-21,24,27,33-35H,3,6-8,10-11H2,1-2H3/t13-,16+,17+,18-,20-,21+,24?/m0/s1. The summed E-state index contributed by atoms with van der Waals surface area (Å²) in [5.41, 5.74) is 0.966. The molecule has 4 N–H and O–H groups in total. The summed E-state index contributed by atoms with van der Waals surface area (Å²) < 4.78 is 34.3. The molecule has 37 heavy (non-hydrogen) atoms. The van der Waals surface area contributed by atoms with Crippen LogP contribution in [0.25, 0.3) is 5.82 Å². The molecular formula is C24H32F2N6O4S. The molecule has 2 fully saturated rings. The second-order valence-electron chi connectivity index (χ2n) is 9.68. The van der Waals surface area contributed by atoms with Crippen LogP contribution < -0.4 is 16.2 Å². The van der Waals surface area contributed by atoms with Gasteiger partial charge in [-0.25, -0.2) is 18.5 Å². The van der Waals surface area contributed by atoms with Crippen LogP contribution in [0.5, 0.6) is 0 Å². The number of fused-ring (bicyclic) bond motifs is 1. The van der Waals surface area contributed by atoms with Crippen LogP contribution in [0.4, 0.5) is 8.78 Å². The molecule has 1 aliphatic heterocycles. The van der Waals surface area contributed by atoms with Crippen molar-refractivity contribution in [3.05, 3.63) is 46.2 Å². The molecule has 7 atom stereocenters. The normalized spacial score (nSPS) is 30.8. The van der Waals surface area contributed by atoms with Crippen molar-refractivity contribution in [2.45, 2.75) is 68.0 Å². The van der Waals surface area contributed by atoms with Gasteiger partial charge in [0.1, 0.15) is 18.0 Å². The lowest BCUT2D eigenvalue weighted by molar-refractivity contribution is -0.0631. The van der Waals surface area contributed by atoms with E-state index >= 15 is 0 Å². The molecule has 1 aromatic carbocycles. The minimum Gasteiger partial charge on any atom is -0.394 e. The first-order valence-corrected chi connectivity index (χ1v) is 13.6. The van der Waals surface area contributed by atoms with Crippen LogP contribution in [-0.2, 0) is 4.74 Å². The van der Waals surface area contributed by atoms with Crippen LogP contribution in [0.15, 0.2) is 23.2 Å². The third-order valence-electron chi connectivity index (χ3n) is 7.10. The van der Waals surface area contributed by atoms with E-state index < -0.39 is 36.0 Å². The predicted octanol–water partition coefficient (Wildman–Crippen LogP) is -0.196. The van der Waals surface area contributed by atoms with E-state index in [-0.39, 0.29) is 30.7 Å². The highest BCUT2D eigenvalue weighted by Crippen LogP contribution is 2.42. The molecule has 1 unspecified atom stereocenters. The minimum absolute atomic E-state index is 0.00499. The van der Waals surface area contributed by atoms with Crippen molar-refractivity contribution in [2.24, 2.45) is 4.99 Å². The molecule has 0 bridgehead atoms. The Kier molecular flexibility index (Phi) is 7.68. The van der Waals surface area contributed by atoms with E-state index in [4.69, 9.17) is 14.8 Å². The van der Waals surface area contributed by atoms with Crippen molar-refractivity contribution >= 4 is 17.6 Å². The van der Waals surface area contributed by atoms with Crippen molar-refractivity contribution in [1.82, 2.24) is 25.2 Å². The molecule has 2 saturated carbocycles. The third-order valence-corrected chi connectivity index (χ3v) is 8.47. The smallest absolute Gasteiger partial charge is 0.180 e. The Morgan fingerprint density at radius 3 is 2.73 bits per heavy atom. The maximum Gasteiger partial charge on any atom is 0.180 e. The summed E-state index contributed by atoms with van der Waals surface area (Å²) in [7, 11) is 1.92. The van der Waals surface area contributed by atoms with E-state index in [1.165, 1.54) is 6.07 Å². The highest BCUT2D eigenvalue weighted by Gasteiger charge is 2.45. The maximum absolute atomic E-state index is 13.8. The van der Waals surface area contributed by atoms with E-state index in [1.807, 2.05) is 11.9 Å². The Morgan fingerprint density at radius 1 is 1.19 bits per heavy atom. The summed E-state index contributed by atoms with van der Waals surface area (Å²) in [6.07, 6.45) is -0.891. The van der Waals surface area contributed by atoms with Gasteiger partial charge in [0.25, 0.3) is 0 Å². The average molecular weight is 539 g/mol. The van der Waals surface area contributed by atoms with Gasteiger partial charge in [0.2, 0.25) is 0 Å². The minimum atomic E-state index is -1.14. The Morgan fingerprint density at radius 2 is 2.00 bits per heavy atom. The van der Waals surface area contributed by atoms with Crippen LogP contribution in [0, 0.1) is 11.6 Å². The van der Waals surface area contributed by atoms with Gasteiger partial charge in [0, 0.05) is 25.4 Å². The summed E-state index contributed by atoms with van der Waals surface area (Å²) in [6, 6.07) is 3.41. The SMILES string of the molecule is CCCSC1N=c2c(nnn2[C@@H]2C[C@H](OCCO)[C@@H](O)[C@H]2O)=C(N[C@@H]2C[C@H]2c2ccc(F)c(F)c2)N1C. The van der Waals surface area contributed by atoms with Crippen LogP contribution >= 0.6 is 11.8 Å². The molecule has 202 valence electrons. The molecule has 1 aromatic heterocycles. The predicted molar refractivity (Wildman–Crippen MR) is 132 cm³/mol. The molecular weight excluding hydrogens is 506 g/mol. The lowest BCUT2D eigenvalue weighted by Crippen LogP contribution is -2.50. The van der Waals surface area contributed by atoms with Crippen LogP contribution in [0.2, 0.25) is 0 Å². The van der Waals surface area contributed by atoms with Crippen molar-refractivity contribution in [3.63, 3.8) is 0 Å². The van der Waals surface area contributed by atoms with Crippen LogP contribution in [0.1, 0.15) is 43.7 Å². The molecule has 10 nitrogen and oxygen atoms in total. The van der Waals surface area contributed by atoms with Gasteiger partial charge in [-0.1, -0.05) is 18.2 Å². The molecule has 0 radical (unpaired) electrons. The van der Waals surface area contributed by atoms with Crippen molar-refractivity contribution < 1.29 is 28.8 Å². The number of rotatable bonds is 10. The molecule has 5 rings (SSSR count). The number of benzene rings is 1. The van der Waals surface area contributed by atoms with Gasteiger partial charge in [-0.05, 0) is 36.3 Å². The Labute approximate surface area is 217 Å². The first kappa shape index (κ1) is 26.3. The van der Waals surface area contributed by atoms with Gasteiger partial charge in [-0.3, -0.25) is 0 Å². The van der Waals surface area contributed by atoms with Crippen LogP contribution in [-0.4, -0.2) is 91.1 Å². The van der Waals surface area contributed by atoms with Crippen molar-refractivity contribution in [2.75, 3.05) is 26.0 Å². The fourth-order valence-electron chi connectivity index (χ4n) is 5.02. The Balaban J connectivity index is 1.45. The number of ether oxygens (including phenoxy) is 1. The van der Waals surface area contributed by atoms with E-state index in [0.717, 1.165) is 36.0 Å². The largest absolute Gasteiger partial charge is 0.394 e.